The van der Waals surface area contributed by atoms with Crippen molar-refractivity contribution in [1.29, 1.82) is 5.26 Å². The monoisotopic (exact) mass is 404 g/mol. The Hall–Kier alpha value is -3.76. The summed E-state index contributed by atoms with van der Waals surface area (Å²) in [5, 5.41) is 13.7. The molecule has 1 aromatic heterocycles. The molecule has 0 aliphatic heterocycles. The van der Waals surface area contributed by atoms with Crippen LogP contribution in [-0.2, 0) is 18.0 Å². The topological polar surface area (TPSA) is 79.5 Å². The fraction of sp³-hybridized carbons (Fsp3) is 0.174. The third-order valence-corrected chi connectivity index (χ3v) is 4.27. The van der Waals surface area contributed by atoms with Crippen LogP contribution in [0, 0.1) is 24.1 Å². The fourth-order valence-corrected chi connectivity index (χ4v) is 2.87. The first-order chi connectivity index (χ1) is 14.6. The molecule has 30 heavy (non-hydrogen) atoms. The molecular weight excluding hydrogens is 383 g/mol. The molecule has 0 fully saturated rings. The first-order valence-corrected chi connectivity index (χ1v) is 9.26. The number of para-hydroxylation sites is 1. The zero-order chi connectivity index (χ0) is 21.3. The third-order valence-electron chi connectivity index (χ3n) is 4.27. The van der Waals surface area contributed by atoms with E-state index in [2.05, 4.69) is 21.6 Å². The van der Waals surface area contributed by atoms with E-state index >= 15 is 0 Å². The second-order valence-corrected chi connectivity index (χ2v) is 6.48. The lowest BCUT2D eigenvalue weighted by Gasteiger charge is -2.10. The van der Waals surface area contributed by atoms with Crippen molar-refractivity contribution in [2.24, 2.45) is 5.10 Å². The van der Waals surface area contributed by atoms with E-state index in [1.807, 2.05) is 31.2 Å². The maximum atomic E-state index is 13.8. The highest BCUT2D eigenvalue weighted by Gasteiger charge is 2.11. The Morgan fingerprint density at radius 3 is 2.67 bits per heavy atom. The number of rotatable bonds is 8. The number of aryl methyl sites for hydroxylation is 1. The molecule has 1 N–H and O–H groups in total. The van der Waals surface area contributed by atoms with Gasteiger partial charge in [0.1, 0.15) is 29.8 Å². The van der Waals surface area contributed by atoms with Gasteiger partial charge in [0.15, 0.2) is 5.82 Å². The van der Waals surface area contributed by atoms with Crippen molar-refractivity contribution in [1.82, 2.24) is 4.98 Å². The summed E-state index contributed by atoms with van der Waals surface area (Å²) < 4.78 is 24.7. The zero-order valence-electron chi connectivity index (χ0n) is 16.7. The Bertz CT molecular complexity index is 1090. The van der Waals surface area contributed by atoms with Crippen molar-refractivity contribution in [3.05, 3.63) is 88.4 Å². The Kier molecular flexibility index (Phi) is 7.09. The van der Waals surface area contributed by atoms with Gasteiger partial charge in [-0.15, -0.1) is 0 Å². The number of hydrogen-bond acceptors (Lipinski definition) is 6. The zero-order valence-corrected chi connectivity index (χ0v) is 16.7. The van der Waals surface area contributed by atoms with Gasteiger partial charge in [-0.2, -0.15) is 10.4 Å². The minimum atomic E-state index is -0.313. The second-order valence-electron chi connectivity index (χ2n) is 6.48. The molecule has 0 aliphatic carbocycles. The number of methoxy groups -OCH3 is 1. The molecule has 3 rings (SSSR count). The van der Waals surface area contributed by atoms with Gasteiger partial charge in [-0.25, -0.2) is 9.37 Å². The van der Waals surface area contributed by atoms with Crippen LogP contribution < -0.4 is 10.2 Å². The molecule has 7 heteroatoms. The predicted octanol–water partition coefficient (Wildman–Crippen LogP) is 4.57. The first kappa shape index (κ1) is 21.0. The Morgan fingerprint density at radius 1 is 1.13 bits per heavy atom. The highest BCUT2D eigenvalue weighted by atomic mass is 19.1. The highest BCUT2D eigenvalue weighted by Crippen LogP contribution is 2.21. The summed E-state index contributed by atoms with van der Waals surface area (Å²) in [4.78, 5) is 4.35. The Balaban J connectivity index is 1.76. The summed E-state index contributed by atoms with van der Waals surface area (Å²) in [6.45, 7) is 2.24. The average Bonchev–Trinajstić information content (AvgIpc) is 2.74. The van der Waals surface area contributed by atoms with Gasteiger partial charge in [0.05, 0.1) is 12.8 Å². The molecule has 0 amide bonds. The Morgan fingerprint density at radius 2 is 1.90 bits per heavy atom. The van der Waals surface area contributed by atoms with Crippen molar-refractivity contribution in [3.63, 3.8) is 0 Å². The number of nitriles is 1. The lowest BCUT2D eigenvalue weighted by Crippen LogP contribution is -2.04. The van der Waals surface area contributed by atoms with Crippen LogP contribution in [0.2, 0.25) is 0 Å². The average molecular weight is 404 g/mol. The van der Waals surface area contributed by atoms with Gasteiger partial charge in [0.25, 0.3) is 0 Å². The summed E-state index contributed by atoms with van der Waals surface area (Å²) in [5.74, 6) is 0.598. The van der Waals surface area contributed by atoms with Crippen molar-refractivity contribution in [2.75, 3.05) is 12.5 Å². The summed E-state index contributed by atoms with van der Waals surface area (Å²) >= 11 is 0. The molecule has 0 atom stereocenters. The van der Waals surface area contributed by atoms with Gasteiger partial charge in [0.2, 0.25) is 0 Å². The van der Waals surface area contributed by atoms with E-state index < -0.39 is 0 Å². The molecule has 2 aromatic carbocycles. The quantitative estimate of drug-likeness (QED) is 0.439. The number of anilines is 1. The van der Waals surface area contributed by atoms with Gasteiger partial charge >= 0.3 is 0 Å². The molecule has 3 aromatic rings. The maximum absolute atomic E-state index is 13.8. The SMILES string of the molecule is COCc1cc(C)nc(NN=Cc2ccccc2OCc2ccccc2F)c1C#N. The van der Waals surface area contributed by atoms with Crippen LogP contribution in [-0.4, -0.2) is 18.3 Å². The number of nitrogens with zero attached hydrogens (tertiary/aromatic N) is 3. The fourth-order valence-electron chi connectivity index (χ4n) is 2.87. The van der Waals surface area contributed by atoms with E-state index in [9.17, 15) is 9.65 Å². The largest absolute Gasteiger partial charge is 0.488 e. The molecule has 0 spiro atoms. The number of pyridine rings is 1. The molecule has 0 aliphatic rings. The number of ether oxygens (including phenoxy) is 2. The van der Waals surface area contributed by atoms with Gasteiger partial charge < -0.3 is 9.47 Å². The summed E-state index contributed by atoms with van der Waals surface area (Å²) in [7, 11) is 1.57. The van der Waals surface area contributed by atoms with Gasteiger partial charge in [0, 0.05) is 29.5 Å². The van der Waals surface area contributed by atoms with Crippen molar-refractivity contribution < 1.29 is 13.9 Å². The van der Waals surface area contributed by atoms with E-state index in [1.165, 1.54) is 6.07 Å². The van der Waals surface area contributed by atoms with Crippen LogP contribution in [0.3, 0.4) is 0 Å². The van der Waals surface area contributed by atoms with E-state index in [1.54, 1.807) is 37.6 Å². The lowest BCUT2D eigenvalue weighted by atomic mass is 10.1. The lowest BCUT2D eigenvalue weighted by molar-refractivity contribution is 0.184. The number of nitrogens with one attached hydrogen (secondary N) is 1. The number of hydrazone groups is 1. The summed E-state index contributed by atoms with van der Waals surface area (Å²) in [6, 6.07) is 17.7. The summed E-state index contributed by atoms with van der Waals surface area (Å²) in [5.41, 5.74) is 5.85. The molecule has 0 saturated carbocycles. The maximum Gasteiger partial charge on any atom is 0.164 e. The number of hydrogen-bond donors (Lipinski definition) is 1. The molecule has 152 valence electrons. The van der Waals surface area contributed by atoms with Crippen LogP contribution in [0.25, 0.3) is 0 Å². The van der Waals surface area contributed by atoms with Crippen LogP contribution in [0.5, 0.6) is 5.75 Å². The Labute approximate surface area is 174 Å². The number of benzene rings is 2. The van der Waals surface area contributed by atoms with E-state index in [-0.39, 0.29) is 12.4 Å². The van der Waals surface area contributed by atoms with E-state index in [0.717, 1.165) is 11.3 Å². The highest BCUT2D eigenvalue weighted by molar-refractivity contribution is 5.84. The van der Waals surface area contributed by atoms with Crippen LogP contribution in [0.4, 0.5) is 10.2 Å². The minimum absolute atomic E-state index is 0.101. The van der Waals surface area contributed by atoms with E-state index in [0.29, 0.717) is 34.9 Å². The van der Waals surface area contributed by atoms with E-state index in [4.69, 9.17) is 9.47 Å². The third kappa shape index (κ3) is 5.19. The van der Waals surface area contributed by atoms with Crippen LogP contribution >= 0.6 is 0 Å². The van der Waals surface area contributed by atoms with Crippen molar-refractivity contribution in [3.8, 4) is 11.8 Å². The first-order valence-electron chi connectivity index (χ1n) is 9.26. The van der Waals surface area contributed by atoms with Crippen molar-refractivity contribution >= 4 is 12.0 Å². The van der Waals surface area contributed by atoms with Crippen LogP contribution in [0.15, 0.2) is 59.7 Å². The molecule has 0 bridgehead atoms. The molecule has 6 nitrogen and oxygen atoms in total. The molecule has 0 saturated heterocycles. The molecule has 0 radical (unpaired) electrons. The van der Waals surface area contributed by atoms with Gasteiger partial charge in [-0.3, -0.25) is 5.43 Å². The molecule has 0 unspecified atom stereocenters. The van der Waals surface area contributed by atoms with Gasteiger partial charge in [-0.1, -0.05) is 30.3 Å². The van der Waals surface area contributed by atoms with Gasteiger partial charge in [-0.05, 0) is 31.2 Å². The smallest absolute Gasteiger partial charge is 0.164 e. The molecule has 1 heterocycles. The minimum Gasteiger partial charge on any atom is -0.488 e. The standard InChI is InChI=1S/C23H21FN4O2/c1-16-11-19(14-29-2)20(12-25)23(27-16)28-26-13-17-7-4-6-10-22(17)30-15-18-8-3-5-9-21(18)24/h3-11,13H,14-15H2,1-2H3,(H,27,28). The van der Waals surface area contributed by atoms with Crippen molar-refractivity contribution in [2.45, 2.75) is 20.1 Å². The second kappa shape index (κ2) is 10.1. The van der Waals surface area contributed by atoms with Crippen LogP contribution in [0.1, 0.15) is 27.9 Å². The molecular formula is C23H21FN4O2. The summed E-state index contributed by atoms with van der Waals surface area (Å²) in [6.07, 6.45) is 1.57. The predicted molar refractivity (Wildman–Crippen MR) is 113 cm³/mol. The normalized spacial score (nSPS) is 10.7. The number of halogens is 1. The number of aromatic nitrogens is 1.